The summed E-state index contributed by atoms with van der Waals surface area (Å²) in [4.78, 5) is 11.0. The van der Waals surface area contributed by atoms with E-state index in [4.69, 9.17) is 114 Å². The maximum atomic E-state index is 11.0. The number of rotatable bonds is 83. The Bertz CT molecular complexity index is 1240. The summed E-state index contributed by atoms with van der Waals surface area (Å²) in [5, 5.41) is 0. The molecule has 26 heteroatoms. The molecule has 0 saturated heterocycles. The van der Waals surface area contributed by atoms with Gasteiger partial charge < -0.3 is 118 Å². The first-order valence-corrected chi connectivity index (χ1v) is 32.7. The van der Waals surface area contributed by atoms with E-state index in [9.17, 15) is 4.79 Å². The monoisotopic (exact) mass is 1280 g/mol. The maximum absolute atomic E-state index is 11.0. The molecule has 0 N–H and O–H groups in total. The number of unbranched alkanes of at least 4 members (excludes halogenated alkanes) is 9. The van der Waals surface area contributed by atoms with Gasteiger partial charge in [0.25, 0.3) is 0 Å². The molecule has 0 fully saturated rings. The van der Waals surface area contributed by atoms with Gasteiger partial charge in [0.05, 0.1) is 324 Å². The van der Waals surface area contributed by atoms with Crippen molar-refractivity contribution in [3.05, 3.63) is 0 Å². The summed E-state index contributed by atoms with van der Waals surface area (Å²) in [6.07, 6.45) is 13.6. The molecule has 0 saturated carbocycles. The molecule has 0 aliphatic heterocycles. The average Bonchev–Trinajstić information content (AvgIpc) is 3.54. The largest absolute Gasteiger partial charge is 0.469 e. The minimum atomic E-state index is -0.291. The van der Waals surface area contributed by atoms with E-state index in [0.29, 0.717) is 311 Å². The number of ether oxygens (including phenoxy) is 25. The van der Waals surface area contributed by atoms with Crippen molar-refractivity contribution in [3.8, 4) is 0 Å². The van der Waals surface area contributed by atoms with E-state index >= 15 is 0 Å². The van der Waals surface area contributed by atoms with Crippen LogP contribution in [-0.2, 0) is 123 Å². The Morgan fingerprint density at radius 3 is 0.443 bits per heavy atom. The first kappa shape index (κ1) is 86.5. The molecular formula is C62H124O26. The first-order valence-electron chi connectivity index (χ1n) is 32.7. The van der Waals surface area contributed by atoms with Crippen molar-refractivity contribution in [1.29, 1.82) is 0 Å². The van der Waals surface area contributed by atoms with Crippen LogP contribution < -0.4 is 0 Å². The molecule has 0 atom stereocenters. The van der Waals surface area contributed by atoms with Crippen LogP contribution in [0.25, 0.3) is 0 Å². The van der Waals surface area contributed by atoms with Gasteiger partial charge >= 0.3 is 5.97 Å². The second-order valence-electron chi connectivity index (χ2n) is 19.2. The number of methoxy groups -OCH3 is 1. The highest BCUT2D eigenvalue weighted by molar-refractivity contribution is 5.69. The van der Waals surface area contributed by atoms with E-state index in [1.54, 1.807) is 0 Å². The predicted octanol–water partition coefficient (Wildman–Crippen LogP) is 4.87. The van der Waals surface area contributed by atoms with Crippen LogP contribution in [0.5, 0.6) is 0 Å². The summed E-state index contributed by atoms with van der Waals surface area (Å²) in [5.74, 6) is -0.291. The lowest BCUT2D eigenvalue weighted by molar-refractivity contribution is -0.141. The van der Waals surface area contributed by atoms with E-state index in [1.807, 2.05) is 0 Å². The van der Waals surface area contributed by atoms with Gasteiger partial charge in [-0.05, 0) is 6.42 Å². The Balaban J connectivity index is 3.09. The minimum Gasteiger partial charge on any atom is -0.469 e. The lowest BCUT2D eigenvalue weighted by atomic mass is 10.1. The molecule has 0 aromatic rings. The lowest BCUT2D eigenvalue weighted by Crippen LogP contribution is -2.16. The molecule has 0 unspecified atom stereocenters. The van der Waals surface area contributed by atoms with Gasteiger partial charge in [-0.3, -0.25) is 4.79 Å². The van der Waals surface area contributed by atoms with Gasteiger partial charge in [0.1, 0.15) is 0 Å². The van der Waals surface area contributed by atoms with Crippen LogP contribution in [0.1, 0.15) is 77.6 Å². The van der Waals surface area contributed by atoms with Crippen LogP contribution in [-0.4, -0.2) is 330 Å². The summed E-state index contributed by atoms with van der Waals surface area (Å²) in [7, 11) is 1.35. The molecule has 0 aliphatic carbocycles. The van der Waals surface area contributed by atoms with E-state index in [1.165, 1.54) is 64.9 Å². The second-order valence-corrected chi connectivity index (χ2v) is 19.2. The zero-order chi connectivity index (χ0) is 63.0. The van der Waals surface area contributed by atoms with Crippen LogP contribution in [0.3, 0.4) is 0 Å². The molecule has 0 heterocycles. The van der Waals surface area contributed by atoms with Gasteiger partial charge in [0.15, 0.2) is 0 Å². The fourth-order valence-electron chi connectivity index (χ4n) is 7.11. The zero-order valence-electron chi connectivity index (χ0n) is 54.8. The van der Waals surface area contributed by atoms with Crippen molar-refractivity contribution in [2.45, 2.75) is 77.6 Å². The van der Waals surface area contributed by atoms with Crippen LogP contribution in [0.4, 0.5) is 0 Å². The number of hydrogen-bond acceptors (Lipinski definition) is 26. The number of carbonyl (C=O) groups excluding carboxylic acids is 1. The molecule has 0 amide bonds. The Labute approximate surface area is 529 Å². The summed E-state index contributed by atoms with van der Waals surface area (Å²) in [6, 6.07) is 0. The highest BCUT2D eigenvalue weighted by Crippen LogP contribution is 2.10. The first-order chi connectivity index (χ1) is 43.8. The molecule has 0 rings (SSSR count). The van der Waals surface area contributed by atoms with Gasteiger partial charge in [-0.15, -0.1) is 0 Å². The second kappa shape index (κ2) is 83.5. The van der Waals surface area contributed by atoms with Crippen LogP contribution in [0.2, 0.25) is 0 Å². The maximum Gasteiger partial charge on any atom is 0.307 e. The van der Waals surface area contributed by atoms with Crippen molar-refractivity contribution < 1.29 is 123 Å². The van der Waals surface area contributed by atoms with Crippen LogP contribution in [0.15, 0.2) is 0 Å². The Hall–Kier alpha value is -1.49. The van der Waals surface area contributed by atoms with Crippen molar-refractivity contribution in [2.75, 3.05) is 324 Å². The Kier molecular flexibility index (Phi) is 82.1. The van der Waals surface area contributed by atoms with Crippen molar-refractivity contribution >= 4 is 5.97 Å². The lowest BCUT2D eigenvalue weighted by Gasteiger charge is -2.09. The quantitative estimate of drug-likeness (QED) is 0.0582. The highest BCUT2D eigenvalue weighted by atomic mass is 16.6. The topological polar surface area (TPSA) is 248 Å². The van der Waals surface area contributed by atoms with Gasteiger partial charge in [0, 0.05) is 6.61 Å². The van der Waals surface area contributed by atoms with Crippen molar-refractivity contribution in [2.24, 2.45) is 0 Å². The number of esters is 1. The Morgan fingerprint density at radius 1 is 0.170 bits per heavy atom. The molecule has 88 heavy (non-hydrogen) atoms. The average molecular weight is 1290 g/mol. The SMILES string of the molecule is CCCCCCCCCCCCOCCOCCOCCOCCOCCOCCOCCOCCOCCOCCOCCOCCOCCOCCOCCOCCOCCOCCOCCOCCOCCOCCOCCOCCC(=O)OC. The normalized spacial score (nSPS) is 11.7. The van der Waals surface area contributed by atoms with Gasteiger partial charge in [-0.2, -0.15) is 0 Å². The fourth-order valence-corrected chi connectivity index (χ4v) is 7.11. The smallest absolute Gasteiger partial charge is 0.307 e. The van der Waals surface area contributed by atoms with Crippen molar-refractivity contribution in [3.63, 3.8) is 0 Å². The third kappa shape index (κ3) is 82.5. The third-order valence-corrected chi connectivity index (χ3v) is 11.9. The van der Waals surface area contributed by atoms with Gasteiger partial charge in [-0.25, -0.2) is 0 Å². The molecule has 0 aromatic heterocycles. The Morgan fingerprint density at radius 2 is 0.295 bits per heavy atom. The van der Waals surface area contributed by atoms with Gasteiger partial charge in [-0.1, -0.05) is 64.7 Å². The summed E-state index contributed by atoms with van der Waals surface area (Å²) in [5.41, 5.74) is 0. The molecule has 0 aliphatic rings. The van der Waals surface area contributed by atoms with E-state index in [2.05, 4.69) is 11.7 Å². The zero-order valence-corrected chi connectivity index (χ0v) is 54.8. The summed E-state index contributed by atoms with van der Waals surface area (Å²) in [6.45, 7) is 26.2. The fraction of sp³-hybridized carbons (Fsp3) is 0.984. The standard InChI is InChI=1S/C62H124O26/c1-3-4-5-6-7-8-9-10-11-12-14-65-16-18-67-20-22-69-24-26-71-28-30-73-32-34-75-36-38-77-40-42-79-44-46-81-48-50-83-52-54-85-56-58-87-60-61-88-59-57-86-55-53-84-51-49-82-47-45-80-43-41-78-39-37-76-35-33-74-31-29-72-27-25-70-23-21-68-19-17-66-15-13-62(63)64-2/h3-61H2,1-2H3. The molecular weight excluding hydrogens is 1160 g/mol. The number of hydrogen-bond donors (Lipinski definition) is 0. The summed E-state index contributed by atoms with van der Waals surface area (Å²) >= 11 is 0. The highest BCUT2D eigenvalue weighted by Gasteiger charge is 2.03. The summed E-state index contributed by atoms with van der Waals surface area (Å²) < 4.78 is 137. The van der Waals surface area contributed by atoms with Crippen molar-refractivity contribution in [1.82, 2.24) is 0 Å². The van der Waals surface area contributed by atoms with E-state index in [0.717, 1.165) is 13.0 Å². The molecule has 26 nitrogen and oxygen atoms in total. The molecule has 0 spiro atoms. The van der Waals surface area contributed by atoms with Gasteiger partial charge in [0.2, 0.25) is 0 Å². The molecule has 0 radical (unpaired) electrons. The van der Waals surface area contributed by atoms with E-state index < -0.39 is 0 Å². The molecule has 0 bridgehead atoms. The minimum absolute atomic E-state index is 0.237. The van der Waals surface area contributed by atoms with Crippen LogP contribution in [0, 0.1) is 0 Å². The third-order valence-electron chi connectivity index (χ3n) is 11.9. The van der Waals surface area contributed by atoms with Crippen LogP contribution >= 0.6 is 0 Å². The van der Waals surface area contributed by atoms with E-state index in [-0.39, 0.29) is 12.4 Å². The molecule has 528 valence electrons. The predicted molar refractivity (Wildman–Crippen MR) is 328 cm³/mol. The number of carbonyl (C=O) groups is 1. The molecule has 0 aromatic carbocycles.